The Morgan fingerprint density at radius 3 is 2.33 bits per heavy atom. The summed E-state index contributed by atoms with van der Waals surface area (Å²) in [4.78, 5) is 16.8. The number of allylic oxidation sites excluding steroid dienone is 2. The molecule has 1 N–H and O–H groups in total. The van der Waals surface area contributed by atoms with Gasteiger partial charge in [-0.05, 0) is 128 Å². The molecular weight excluding hydrogens is 570 g/mol. The molecule has 0 saturated heterocycles. The maximum absolute atomic E-state index is 13.2. The van der Waals surface area contributed by atoms with Gasteiger partial charge in [-0.3, -0.25) is 4.79 Å². The summed E-state index contributed by atoms with van der Waals surface area (Å²) < 4.78 is 17.4. The van der Waals surface area contributed by atoms with Gasteiger partial charge in [-0.1, -0.05) is 51.5 Å². The number of aromatic nitrogens is 1. The Morgan fingerprint density at radius 1 is 0.891 bits per heavy atom. The maximum Gasteiger partial charge on any atom is 0.311 e. The molecule has 5 nitrogen and oxygen atoms in total. The van der Waals surface area contributed by atoms with Gasteiger partial charge < -0.3 is 19.2 Å². The Morgan fingerprint density at radius 2 is 1.63 bits per heavy atom. The molecule has 3 aromatic rings. The second-order valence-corrected chi connectivity index (χ2v) is 16.6. The van der Waals surface area contributed by atoms with Gasteiger partial charge in [0.15, 0.2) is 11.5 Å². The largest absolute Gasteiger partial charge is 0.493 e. The highest BCUT2D eigenvalue weighted by Gasteiger charge is 2.67. The van der Waals surface area contributed by atoms with Crippen molar-refractivity contribution in [1.82, 2.24) is 4.98 Å². The fourth-order valence-corrected chi connectivity index (χ4v) is 11.3. The van der Waals surface area contributed by atoms with Crippen LogP contribution in [0.1, 0.15) is 113 Å². The average Bonchev–Trinajstić information content (AvgIpc) is 3.45. The van der Waals surface area contributed by atoms with Gasteiger partial charge >= 0.3 is 5.97 Å². The van der Waals surface area contributed by atoms with Gasteiger partial charge in [0.2, 0.25) is 0 Å². The molecule has 0 amide bonds. The Labute approximate surface area is 275 Å². The lowest BCUT2D eigenvalue weighted by Crippen LogP contribution is -2.62. The smallest absolute Gasteiger partial charge is 0.311 e. The Balaban J connectivity index is 1.46. The molecule has 1 aromatic heterocycles. The number of benzene rings is 2. The molecular formula is C41H53NO4. The van der Waals surface area contributed by atoms with E-state index in [1.165, 1.54) is 39.6 Å². The Hall–Kier alpha value is -3.21. The summed E-state index contributed by atoms with van der Waals surface area (Å²) in [5.41, 5.74) is 8.90. The number of rotatable bonds is 4. The first-order chi connectivity index (χ1) is 21.7. The normalized spacial score (nSPS) is 36.5. The van der Waals surface area contributed by atoms with Gasteiger partial charge in [-0.25, -0.2) is 0 Å². The van der Waals surface area contributed by atoms with Crippen molar-refractivity contribution in [2.75, 3.05) is 21.3 Å². The van der Waals surface area contributed by atoms with E-state index >= 15 is 0 Å². The van der Waals surface area contributed by atoms with Crippen LogP contribution in [0.3, 0.4) is 0 Å². The molecule has 246 valence electrons. The molecule has 5 heteroatoms. The number of carbonyl (C=O) groups is 1. The summed E-state index contributed by atoms with van der Waals surface area (Å²) in [7, 11) is 5.07. The second-order valence-electron chi connectivity index (χ2n) is 16.6. The van der Waals surface area contributed by atoms with E-state index in [9.17, 15) is 4.79 Å². The van der Waals surface area contributed by atoms with E-state index in [4.69, 9.17) is 14.2 Å². The molecule has 0 spiro atoms. The van der Waals surface area contributed by atoms with E-state index in [1.807, 2.05) is 0 Å². The molecule has 1 unspecified atom stereocenters. The van der Waals surface area contributed by atoms with E-state index in [0.717, 1.165) is 55.6 Å². The molecule has 4 aliphatic rings. The molecule has 3 fully saturated rings. The molecule has 4 aliphatic carbocycles. The molecule has 0 aliphatic heterocycles. The van der Waals surface area contributed by atoms with Crippen LogP contribution in [-0.2, 0) is 14.9 Å². The third-order valence-corrected chi connectivity index (χ3v) is 14.4. The maximum atomic E-state index is 13.2. The number of hydrogen-bond acceptors (Lipinski definition) is 4. The molecule has 1 heterocycles. The van der Waals surface area contributed by atoms with Crippen molar-refractivity contribution in [3.8, 4) is 11.5 Å². The Bertz CT molecular complexity index is 1780. The van der Waals surface area contributed by atoms with E-state index in [2.05, 4.69) is 90.0 Å². The molecule has 46 heavy (non-hydrogen) atoms. The van der Waals surface area contributed by atoms with E-state index < -0.39 is 5.41 Å². The number of aromatic amines is 1. The van der Waals surface area contributed by atoms with Crippen LogP contribution in [0.5, 0.6) is 11.5 Å². The fraction of sp³-hybridized carbons (Fsp3) is 0.585. The zero-order chi connectivity index (χ0) is 33.0. The summed E-state index contributed by atoms with van der Waals surface area (Å²) in [6, 6.07) is 9.06. The lowest BCUT2D eigenvalue weighted by Gasteiger charge is -2.70. The van der Waals surface area contributed by atoms with Crippen molar-refractivity contribution in [3.63, 3.8) is 0 Å². The van der Waals surface area contributed by atoms with Gasteiger partial charge in [-0.2, -0.15) is 0 Å². The van der Waals surface area contributed by atoms with Crippen molar-refractivity contribution in [2.45, 2.75) is 105 Å². The number of ether oxygens (including phenoxy) is 3. The zero-order valence-electron chi connectivity index (χ0n) is 29.7. The van der Waals surface area contributed by atoms with E-state index in [-0.39, 0.29) is 33.5 Å². The first-order valence-corrected chi connectivity index (χ1v) is 17.3. The highest BCUT2D eigenvalue weighted by molar-refractivity contribution is 5.86. The first-order valence-electron chi connectivity index (χ1n) is 17.3. The number of fused-ring (bicyclic) bond motifs is 8. The van der Waals surface area contributed by atoms with Crippen molar-refractivity contribution in [3.05, 3.63) is 69.9 Å². The molecule has 7 rings (SSSR count). The van der Waals surface area contributed by atoms with Crippen molar-refractivity contribution < 1.29 is 19.0 Å². The minimum atomic E-state index is -0.430. The Kier molecular flexibility index (Phi) is 6.92. The summed E-state index contributed by atoms with van der Waals surface area (Å²) in [5.74, 6) is 2.11. The van der Waals surface area contributed by atoms with Crippen LogP contribution >= 0.6 is 0 Å². The van der Waals surface area contributed by atoms with Gasteiger partial charge in [-0.15, -0.1) is 0 Å². The highest BCUT2D eigenvalue weighted by atomic mass is 16.5. The van der Waals surface area contributed by atoms with Crippen LogP contribution in [0, 0.1) is 41.4 Å². The van der Waals surface area contributed by atoms with Gasteiger partial charge in [0.05, 0.1) is 26.7 Å². The number of hydrogen-bond donors (Lipinski definition) is 1. The fourth-order valence-electron chi connectivity index (χ4n) is 11.3. The predicted molar refractivity (Wildman–Crippen MR) is 185 cm³/mol. The van der Waals surface area contributed by atoms with Crippen LogP contribution < -0.4 is 9.47 Å². The summed E-state index contributed by atoms with van der Waals surface area (Å²) in [5, 5.41) is 1.28. The summed E-state index contributed by atoms with van der Waals surface area (Å²) >= 11 is 0. The van der Waals surface area contributed by atoms with Crippen molar-refractivity contribution >= 4 is 16.9 Å². The number of aryl methyl sites for hydroxylation is 1. The second kappa shape index (κ2) is 10.1. The van der Waals surface area contributed by atoms with Gasteiger partial charge in [0.25, 0.3) is 0 Å². The highest BCUT2D eigenvalue weighted by Crippen LogP contribution is 2.75. The van der Waals surface area contributed by atoms with Crippen LogP contribution in [-0.4, -0.2) is 32.3 Å². The number of esters is 1. The standard InChI is InChI=1S/C41H53NO4/c1-24-11-12-26-28(23-42-30(26)19-24)27-20-32-39(5,29-21-31(44-8)35(45-9)25(2)34(27)29)16-18-41(7)33-22-38(4,36(43)46-10)14-13-37(33,3)15-17-40(32,41)6/h11-12,19-21,23,27,33,42H,13-18,22H2,1-10H3/t27?,33-,37+,38+,39-,40+,41-/m0/s1. The van der Waals surface area contributed by atoms with E-state index in [0.29, 0.717) is 5.92 Å². The quantitative estimate of drug-likeness (QED) is 0.232. The minimum Gasteiger partial charge on any atom is -0.493 e. The van der Waals surface area contributed by atoms with Crippen LogP contribution in [0.2, 0.25) is 0 Å². The lowest BCUT2D eigenvalue weighted by molar-refractivity contribution is -0.179. The molecule has 3 saturated carbocycles. The number of nitrogens with one attached hydrogen (secondary N) is 1. The minimum absolute atomic E-state index is 0.0295. The molecule has 7 atom stereocenters. The number of methoxy groups -OCH3 is 3. The SMILES string of the molecule is COC(=O)[C@]1(C)CC[C@]2(C)CC[C@]3(C)C4=CC(c5c[nH]c6cc(C)ccc56)c5c(cc(OC)c(OC)c5C)[C@]4(C)CC[C@@]3(C)[C@H]2C1. The monoisotopic (exact) mass is 623 g/mol. The van der Waals surface area contributed by atoms with Gasteiger partial charge in [0, 0.05) is 28.4 Å². The summed E-state index contributed by atoms with van der Waals surface area (Å²) in [6.45, 7) is 16.7. The number of carbonyl (C=O) groups excluding carboxylic acids is 1. The third kappa shape index (κ3) is 3.95. The van der Waals surface area contributed by atoms with Crippen molar-refractivity contribution in [1.29, 1.82) is 0 Å². The van der Waals surface area contributed by atoms with Crippen LogP contribution in [0.25, 0.3) is 10.9 Å². The lowest BCUT2D eigenvalue weighted by atomic mass is 9.34. The predicted octanol–water partition coefficient (Wildman–Crippen LogP) is 9.72. The van der Waals surface area contributed by atoms with Crippen molar-refractivity contribution in [2.24, 2.45) is 27.6 Å². The number of H-pyrrole nitrogens is 1. The molecule has 2 aromatic carbocycles. The molecule has 0 bridgehead atoms. The van der Waals surface area contributed by atoms with E-state index in [1.54, 1.807) is 26.9 Å². The van der Waals surface area contributed by atoms with Crippen LogP contribution in [0.15, 0.2) is 42.1 Å². The first kappa shape index (κ1) is 31.4. The molecule has 0 radical (unpaired) electrons. The van der Waals surface area contributed by atoms with Gasteiger partial charge in [0.1, 0.15) is 0 Å². The third-order valence-electron chi connectivity index (χ3n) is 14.4. The topological polar surface area (TPSA) is 60.6 Å². The summed E-state index contributed by atoms with van der Waals surface area (Å²) in [6.07, 6.45) is 12.3. The zero-order valence-corrected chi connectivity index (χ0v) is 29.7. The van der Waals surface area contributed by atoms with Crippen LogP contribution in [0.4, 0.5) is 0 Å². The average molecular weight is 624 g/mol.